The summed E-state index contributed by atoms with van der Waals surface area (Å²) in [6.07, 6.45) is 4.44. The van der Waals surface area contributed by atoms with Crippen LogP contribution < -0.4 is 5.32 Å². The molecule has 1 aromatic carbocycles. The second-order valence-corrected chi connectivity index (χ2v) is 7.93. The van der Waals surface area contributed by atoms with Gasteiger partial charge in [0.1, 0.15) is 5.82 Å². The van der Waals surface area contributed by atoms with Gasteiger partial charge >= 0.3 is 0 Å². The summed E-state index contributed by atoms with van der Waals surface area (Å²) in [6.45, 7) is 0.0590. The molecule has 1 aliphatic carbocycles. The van der Waals surface area contributed by atoms with E-state index in [0.29, 0.717) is 11.5 Å². The maximum absolute atomic E-state index is 14.0. The minimum Gasteiger partial charge on any atom is -0.348 e. The predicted molar refractivity (Wildman–Crippen MR) is 86.9 cm³/mol. The number of rotatable bonds is 5. The Labute approximate surface area is 139 Å². The van der Waals surface area contributed by atoms with Crippen LogP contribution in [-0.2, 0) is 16.4 Å². The second kappa shape index (κ2) is 6.32. The fourth-order valence-corrected chi connectivity index (χ4v) is 2.95. The highest BCUT2D eigenvalue weighted by atomic mass is 32.2. The molecule has 0 unspecified atom stereocenters. The molecule has 126 valence electrons. The molecule has 1 amide bonds. The Kier molecular flexibility index (Phi) is 4.36. The lowest BCUT2D eigenvalue weighted by Gasteiger charge is -2.08. The van der Waals surface area contributed by atoms with E-state index in [1.54, 1.807) is 6.07 Å². The number of carbonyl (C=O) groups is 1. The predicted octanol–water partition coefficient (Wildman–Crippen LogP) is 2.43. The van der Waals surface area contributed by atoms with Crippen molar-refractivity contribution in [2.24, 2.45) is 0 Å². The maximum Gasteiger partial charge on any atom is 0.253 e. The second-order valence-electron chi connectivity index (χ2n) is 5.97. The first-order valence-electron chi connectivity index (χ1n) is 7.57. The first kappa shape index (κ1) is 16.6. The Morgan fingerprint density at radius 1 is 1.29 bits per heavy atom. The molecule has 0 bridgehead atoms. The summed E-state index contributed by atoms with van der Waals surface area (Å²) in [5, 5.41) is 2.51. The summed E-state index contributed by atoms with van der Waals surface area (Å²) in [7, 11) is -3.40. The van der Waals surface area contributed by atoms with Gasteiger partial charge in [0, 0.05) is 24.6 Å². The number of sulfone groups is 1. The summed E-state index contributed by atoms with van der Waals surface area (Å²) in [5.41, 5.74) is 1.63. The Balaban J connectivity index is 1.65. The zero-order chi connectivity index (χ0) is 17.3. The number of benzene rings is 1. The third-order valence-corrected chi connectivity index (χ3v) is 4.94. The first-order valence-corrected chi connectivity index (χ1v) is 9.46. The van der Waals surface area contributed by atoms with Crippen LogP contribution in [0.25, 0.3) is 0 Å². The van der Waals surface area contributed by atoms with E-state index in [0.717, 1.165) is 24.7 Å². The lowest BCUT2D eigenvalue weighted by molar-refractivity contribution is 0.0950. The van der Waals surface area contributed by atoms with Gasteiger partial charge in [0.05, 0.1) is 5.56 Å². The molecule has 1 saturated carbocycles. The SMILES string of the molecule is CS(=O)(=O)c1ccc(C(=O)NCc2ccc(C3CC3)cc2F)cn1. The number of aromatic nitrogens is 1. The molecule has 0 atom stereocenters. The van der Waals surface area contributed by atoms with Crippen molar-refractivity contribution in [3.63, 3.8) is 0 Å². The zero-order valence-corrected chi connectivity index (χ0v) is 13.9. The van der Waals surface area contributed by atoms with Crippen LogP contribution >= 0.6 is 0 Å². The van der Waals surface area contributed by atoms with Gasteiger partial charge in [-0.1, -0.05) is 12.1 Å². The number of nitrogens with zero attached hydrogens (tertiary/aromatic N) is 1. The van der Waals surface area contributed by atoms with Crippen LogP contribution in [0.5, 0.6) is 0 Å². The molecule has 0 aliphatic heterocycles. The Morgan fingerprint density at radius 3 is 2.58 bits per heavy atom. The molecule has 2 aromatic rings. The van der Waals surface area contributed by atoms with Gasteiger partial charge in [-0.2, -0.15) is 0 Å². The van der Waals surface area contributed by atoms with Crippen LogP contribution in [0.15, 0.2) is 41.6 Å². The molecule has 0 spiro atoms. The van der Waals surface area contributed by atoms with Crippen molar-refractivity contribution in [3.05, 3.63) is 59.0 Å². The van der Waals surface area contributed by atoms with Crippen LogP contribution in [0.4, 0.5) is 4.39 Å². The maximum atomic E-state index is 14.0. The zero-order valence-electron chi connectivity index (χ0n) is 13.1. The number of nitrogens with one attached hydrogen (secondary N) is 1. The van der Waals surface area contributed by atoms with Crippen LogP contribution in [0.2, 0.25) is 0 Å². The smallest absolute Gasteiger partial charge is 0.253 e. The fourth-order valence-electron chi connectivity index (χ4n) is 2.39. The van der Waals surface area contributed by atoms with Gasteiger partial charge in [0.15, 0.2) is 14.9 Å². The third kappa shape index (κ3) is 3.79. The summed E-state index contributed by atoms with van der Waals surface area (Å²) in [4.78, 5) is 15.8. The van der Waals surface area contributed by atoms with Crippen LogP contribution in [0, 0.1) is 5.82 Å². The summed E-state index contributed by atoms with van der Waals surface area (Å²) in [6, 6.07) is 7.76. The van der Waals surface area contributed by atoms with Crippen molar-refractivity contribution in [1.29, 1.82) is 0 Å². The van der Waals surface area contributed by atoms with Crippen LogP contribution in [0.3, 0.4) is 0 Å². The summed E-state index contributed by atoms with van der Waals surface area (Å²) in [5.74, 6) is -0.291. The normalized spacial score (nSPS) is 14.4. The Bertz CT molecular complexity index is 875. The van der Waals surface area contributed by atoms with Gasteiger partial charge < -0.3 is 5.32 Å². The average Bonchev–Trinajstić information content (AvgIpc) is 3.37. The van der Waals surface area contributed by atoms with Gasteiger partial charge in [0.2, 0.25) is 0 Å². The highest BCUT2D eigenvalue weighted by Crippen LogP contribution is 2.40. The van der Waals surface area contributed by atoms with E-state index in [1.165, 1.54) is 24.4 Å². The molecular formula is C17H17FN2O3S. The highest BCUT2D eigenvalue weighted by molar-refractivity contribution is 7.90. The van der Waals surface area contributed by atoms with Crippen molar-refractivity contribution in [2.75, 3.05) is 6.26 Å². The highest BCUT2D eigenvalue weighted by Gasteiger charge is 2.24. The topological polar surface area (TPSA) is 76.1 Å². The van der Waals surface area contributed by atoms with E-state index in [-0.39, 0.29) is 23.0 Å². The van der Waals surface area contributed by atoms with Gasteiger partial charge in [0.25, 0.3) is 5.91 Å². The minimum atomic E-state index is -3.40. The molecule has 1 aliphatic rings. The molecule has 24 heavy (non-hydrogen) atoms. The third-order valence-electron chi connectivity index (χ3n) is 3.94. The lowest BCUT2D eigenvalue weighted by Crippen LogP contribution is -2.23. The molecule has 1 heterocycles. The Morgan fingerprint density at radius 2 is 2.04 bits per heavy atom. The van der Waals surface area contributed by atoms with Gasteiger partial charge in [-0.15, -0.1) is 0 Å². The number of halogens is 1. The number of carbonyl (C=O) groups excluding carboxylic acids is 1. The molecule has 1 fully saturated rings. The van der Waals surface area contributed by atoms with Gasteiger partial charge in [-0.05, 0) is 42.5 Å². The van der Waals surface area contributed by atoms with Crippen molar-refractivity contribution in [2.45, 2.75) is 30.3 Å². The molecule has 1 aromatic heterocycles. The van der Waals surface area contributed by atoms with Crippen LogP contribution in [-0.4, -0.2) is 25.6 Å². The van der Waals surface area contributed by atoms with Crippen LogP contribution in [0.1, 0.15) is 40.2 Å². The average molecular weight is 348 g/mol. The van der Waals surface area contributed by atoms with E-state index in [9.17, 15) is 17.6 Å². The van der Waals surface area contributed by atoms with E-state index in [2.05, 4.69) is 10.3 Å². The quantitative estimate of drug-likeness (QED) is 0.900. The molecule has 7 heteroatoms. The van der Waals surface area contributed by atoms with Gasteiger partial charge in [-0.3, -0.25) is 4.79 Å². The molecule has 0 saturated heterocycles. The van der Waals surface area contributed by atoms with E-state index in [1.807, 2.05) is 6.07 Å². The molecular weight excluding hydrogens is 331 g/mol. The summed E-state index contributed by atoms with van der Waals surface area (Å²) >= 11 is 0. The van der Waals surface area contributed by atoms with Crippen molar-refractivity contribution in [3.8, 4) is 0 Å². The standard InChI is InChI=1S/C17H17FN2O3S/c1-24(22,23)16-7-6-14(10-19-16)17(21)20-9-13-5-4-12(8-15(13)18)11-2-3-11/h4-8,10-11H,2-3,9H2,1H3,(H,20,21). The minimum absolute atomic E-state index is 0.0590. The number of hydrogen-bond donors (Lipinski definition) is 1. The molecule has 1 N–H and O–H groups in total. The monoisotopic (exact) mass is 348 g/mol. The van der Waals surface area contributed by atoms with E-state index in [4.69, 9.17) is 0 Å². The lowest BCUT2D eigenvalue weighted by atomic mass is 10.1. The van der Waals surface area contributed by atoms with Gasteiger partial charge in [-0.25, -0.2) is 17.8 Å². The molecule has 3 rings (SSSR count). The fraction of sp³-hybridized carbons (Fsp3) is 0.294. The number of amides is 1. The molecule has 5 nitrogen and oxygen atoms in total. The van der Waals surface area contributed by atoms with Crippen molar-refractivity contribution >= 4 is 15.7 Å². The summed E-state index contributed by atoms with van der Waals surface area (Å²) < 4.78 is 36.7. The largest absolute Gasteiger partial charge is 0.348 e. The first-order chi connectivity index (χ1) is 11.3. The van der Waals surface area contributed by atoms with E-state index < -0.39 is 15.7 Å². The number of pyridine rings is 1. The van der Waals surface area contributed by atoms with Crippen molar-refractivity contribution in [1.82, 2.24) is 10.3 Å². The molecule has 0 radical (unpaired) electrons. The number of hydrogen-bond acceptors (Lipinski definition) is 4. The van der Waals surface area contributed by atoms with E-state index >= 15 is 0 Å². The Hall–Kier alpha value is -2.28. The van der Waals surface area contributed by atoms with Crippen molar-refractivity contribution < 1.29 is 17.6 Å².